The van der Waals surface area contributed by atoms with Crippen LogP contribution >= 0.6 is 0 Å². The molecule has 2 radical (unpaired) electrons. The lowest BCUT2D eigenvalue weighted by atomic mass is 9.85. The van der Waals surface area contributed by atoms with E-state index in [1.54, 1.807) is 0 Å². The molecule has 0 aromatic heterocycles. The van der Waals surface area contributed by atoms with Crippen LogP contribution in [-0.2, 0) is 9.53 Å². The quantitative estimate of drug-likeness (QED) is 0.450. The van der Waals surface area contributed by atoms with Gasteiger partial charge >= 0.3 is 5.97 Å². The second-order valence-corrected chi connectivity index (χ2v) is 3.36. The van der Waals surface area contributed by atoms with Crippen LogP contribution in [-0.4, -0.2) is 19.9 Å². The van der Waals surface area contributed by atoms with E-state index in [2.05, 4.69) is 0 Å². The molecular weight excluding hydrogens is 139 g/mol. The SMILES string of the molecule is [B]C(C)CC1CC1OC(C)=O. The fourth-order valence-corrected chi connectivity index (χ4v) is 1.30. The molecule has 1 aliphatic carbocycles. The van der Waals surface area contributed by atoms with Crippen molar-refractivity contribution < 1.29 is 9.53 Å². The molecule has 3 unspecified atom stereocenters. The number of hydrogen-bond acceptors (Lipinski definition) is 2. The maximum atomic E-state index is 10.5. The highest BCUT2D eigenvalue weighted by Crippen LogP contribution is 2.39. The van der Waals surface area contributed by atoms with Gasteiger partial charge in [-0.05, 0) is 12.3 Å². The zero-order valence-corrected chi connectivity index (χ0v) is 7.04. The molecule has 0 N–H and O–H groups in total. The Labute approximate surface area is 68.7 Å². The lowest BCUT2D eigenvalue weighted by molar-refractivity contribution is -0.142. The largest absolute Gasteiger partial charge is 0.462 e. The minimum absolute atomic E-state index is 0.165. The number of esters is 1. The fourth-order valence-electron chi connectivity index (χ4n) is 1.30. The van der Waals surface area contributed by atoms with E-state index < -0.39 is 0 Å². The van der Waals surface area contributed by atoms with Crippen molar-refractivity contribution >= 4 is 13.8 Å². The van der Waals surface area contributed by atoms with Gasteiger partial charge in [0.2, 0.25) is 0 Å². The first-order chi connectivity index (χ1) is 5.09. The first-order valence-electron chi connectivity index (χ1n) is 4.02. The summed E-state index contributed by atoms with van der Waals surface area (Å²) in [4.78, 5) is 10.5. The van der Waals surface area contributed by atoms with Crippen LogP contribution in [0.1, 0.15) is 26.7 Å². The Hall–Kier alpha value is -0.465. The summed E-state index contributed by atoms with van der Waals surface area (Å²) in [5.74, 6) is 0.571. The Kier molecular flexibility index (Phi) is 2.58. The summed E-state index contributed by atoms with van der Waals surface area (Å²) < 4.78 is 4.98. The van der Waals surface area contributed by atoms with Crippen molar-refractivity contribution in [3.05, 3.63) is 0 Å². The maximum Gasteiger partial charge on any atom is 0.302 e. The van der Waals surface area contributed by atoms with Gasteiger partial charge in [0.1, 0.15) is 6.10 Å². The van der Waals surface area contributed by atoms with Gasteiger partial charge in [0.25, 0.3) is 0 Å². The second kappa shape index (κ2) is 3.29. The summed E-state index contributed by atoms with van der Waals surface area (Å²) >= 11 is 0. The summed E-state index contributed by atoms with van der Waals surface area (Å²) in [6.45, 7) is 3.42. The van der Waals surface area contributed by atoms with Gasteiger partial charge in [0, 0.05) is 6.92 Å². The highest BCUT2D eigenvalue weighted by Gasteiger charge is 2.39. The molecule has 2 nitrogen and oxygen atoms in total. The van der Waals surface area contributed by atoms with Gasteiger partial charge < -0.3 is 4.74 Å². The Morgan fingerprint density at radius 3 is 2.91 bits per heavy atom. The first-order valence-corrected chi connectivity index (χ1v) is 4.02. The topological polar surface area (TPSA) is 26.3 Å². The van der Waals surface area contributed by atoms with Gasteiger partial charge in [0.05, 0.1) is 7.85 Å². The molecule has 11 heavy (non-hydrogen) atoms. The molecule has 1 saturated carbocycles. The average molecular weight is 152 g/mol. The van der Waals surface area contributed by atoms with E-state index >= 15 is 0 Å². The van der Waals surface area contributed by atoms with Crippen LogP contribution in [0.3, 0.4) is 0 Å². The summed E-state index contributed by atoms with van der Waals surface area (Å²) in [5.41, 5.74) is 0. The molecule has 0 amide bonds. The van der Waals surface area contributed by atoms with E-state index in [4.69, 9.17) is 12.6 Å². The van der Waals surface area contributed by atoms with Gasteiger partial charge in [-0.15, -0.1) is 0 Å². The Morgan fingerprint density at radius 1 is 1.82 bits per heavy atom. The lowest BCUT2D eigenvalue weighted by Crippen LogP contribution is -2.03. The van der Waals surface area contributed by atoms with Crippen molar-refractivity contribution in [2.24, 2.45) is 5.92 Å². The zero-order chi connectivity index (χ0) is 8.43. The van der Waals surface area contributed by atoms with Crippen molar-refractivity contribution in [2.45, 2.75) is 38.6 Å². The molecule has 0 heterocycles. The minimum atomic E-state index is -0.179. The van der Waals surface area contributed by atoms with Gasteiger partial charge in [-0.1, -0.05) is 19.2 Å². The number of carbonyl (C=O) groups excluding carboxylic acids is 1. The van der Waals surface area contributed by atoms with Crippen LogP contribution in [0.5, 0.6) is 0 Å². The molecule has 0 bridgehead atoms. The van der Waals surface area contributed by atoms with Crippen molar-refractivity contribution in [1.82, 2.24) is 0 Å². The molecule has 1 fully saturated rings. The minimum Gasteiger partial charge on any atom is -0.462 e. The highest BCUT2D eigenvalue weighted by molar-refractivity contribution is 6.11. The lowest BCUT2D eigenvalue weighted by Gasteiger charge is -2.03. The van der Waals surface area contributed by atoms with Gasteiger partial charge in [0.15, 0.2) is 0 Å². The van der Waals surface area contributed by atoms with E-state index in [0.29, 0.717) is 5.92 Å². The molecule has 1 aliphatic rings. The van der Waals surface area contributed by atoms with Gasteiger partial charge in [-0.2, -0.15) is 0 Å². The van der Waals surface area contributed by atoms with E-state index in [1.807, 2.05) is 6.92 Å². The van der Waals surface area contributed by atoms with Crippen LogP contribution in [0.4, 0.5) is 0 Å². The van der Waals surface area contributed by atoms with E-state index in [1.165, 1.54) is 6.92 Å². The summed E-state index contributed by atoms with van der Waals surface area (Å²) in [5, 5.41) is 0. The van der Waals surface area contributed by atoms with Gasteiger partial charge in [-0.25, -0.2) is 0 Å². The molecule has 3 heteroatoms. The van der Waals surface area contributed by atoms with Crippen LogP contribution in [0, 0.1) is 5.92 Å². The second-order valence-electron chi connectivity index (χ2n) is 3.36. The van der Waals surface area contributed by atoms with Crippen LogP contribution in [0.2, 0.25) is 5.82 Å². The smallest absolute Gasteiger partial charge is 0.302 e. The fraction of sp³-hybridized carbons (Fsp3) is 0.875. The zero-order valence-electron chi connectivity index (χ0n) is 7.04. The monoisotopic (exact) mass is 152 g/mol. The molecule has 1 rings (SSSR count). The summed E-state index contributed by atoms with van der Waals surface area (Å²) in [7, 11) is 5.59. The molecular formula is C8H13BO2. The van der Waals surface area contributed by atoms with Crippen molar-refractivity contribution in [3.8, 4) is 0 Å². The number of carbonyl (C=O) groups is 1. The molecule has 0 spiro atoms. The predicted octanol–water partition coefficient (Wildman–Crippen LogP) is 1.30. The molecule has 3 atom stereocenters. The molecule has 0 saturated heterocycles. The Bertz CT molecular complexity index is 156. The molecule has 0 aromatic carbocycles. The Morgan fingerprint density at radius 2 is 2.45 bits per heavy atom. The van der Waals surface area contributed by atoms with Gasteiger partial charge in [-0.3, -0.25) is 4.79 Å². The van der Waals surface area contributed by atoms with Crippen LogP contribution in [0.25, 0.3) is 0 Å². The van der Waals surface area contributed by atoms with E-state index in [-0.39, 0.29) is 17.9 Å². The third-order valence-electron chi connectivity index (χ3n) is 1.85. The molecule has 0 aromatic rings. The average Bonchev–Trinajstić information content (AvgIpc) is 2.43. The first kappa shape index (κ1) is 8.63. The highest BCUT2D eigenvalue weighted by atomic mass is 16.5. The van der Waals surface area contributed by atoms with Crippen LogP contribution in [0.15, 0.2) is 0 Å². The molecule has 0 aliphatic heterocycles. The van der Waals surface area contributed by atoms with E-state index in [9.17, 15) is 4.79 Å². The Balaban J connectivity index is 2.11. The van der Waals surface area contributed by atoms with Crippen LogP contribution < -0.4 is 0 Å². The van der Waals surface area contributed by atoms with Crippen molar-refractivity contribution in [1.29, 1.82) is 0 Å². The maximum absolute atomic E-state index is 10.5. The predicted molar refractivity (Wildman–Crippen MR) is 43.5 cm³/mol. The number of rotatable bonds is 3. The summed E-state index contributed by atoms with van der Waals surface area (Å²) in [6.07, 6.45) is 2.14. The number of hydrogen-bond donors (Lipinski definition) is 0. The third-order valence-corrected chi connectivity index (χ3v) is 1.85. The summed E-state index contributed by atoms with van der Waals surface area (Å²) in [6, 6.07) is 0. The third kappa shape index (κ3) is 2.96. The normalized spacial score (nSPS) is 31.1. The number of ether oxygens (including phenoxy) is 1. The van der Waals surface area contributed by atoms with Crippen molar-refractivity contribution in [3.63, 3.8) is 0 Å². The van der Waals surface area contributed by atoms with E-state index in [0.717, 1.165) is 12.8 Å². The van der Waals surface area contributed by atoms with Crippen molar-refractivity contribution in [2.75, 3.05) is 0 Å². The standard InChI is InChI=1S/C8H13BO2/c1-5(9)3-7-4-8(7)11-6(2)10/h5,7-8H,3-4H2,1-2H3. The molecule has 60 valence electrons.